The third kappa shape index (κ3) is 1.64. The summed E-state index contributed by atoms with van der Waals surface area (Å²) < 4.78 is 8.04. The standard InChI is InChI=1S/C13H16ClN5O/c1-7-6-20-13(2,3)11-15-8-9(18-4-5-18)16-12(14)17-10(8)19(7)11/h7H,4-6H2,1-3H3. The molecule has 2 aliphatic rings. The molecule has 0 aliphatic carbocycles. The zero-order chi connectivity index (χ0) is 14.1. The molecule has 106 valence electrons. The van der Waals surface area contributed by atoms with Crippen molar-refractivity contribution in [2.45, 2.75) is 32.4 Å². The normalized spacial score (nSPS) is 24.0. The number of aromatic nitrogens is 4. The Labute approximate surface area is 121 Å². The highest BCUT2D eigenvalue weighted by molar-refractivity contribution is 6.28. The van der Waals surface area contributed by atoms with Crippen LogP contribution in [0.2, 0.25) is 5.28 Å². The molecule has 4 rings (SSSR count). The molecule has 0 amide bonds. The Kier molecular flexibility index (Phi) is 2.36. The van der Waals surface area contributed by atoms with Crippen LogP contribution in [0.3, 0.4) is 0 Å². The average Bonchev–Trinajstić information content (AvgIpc) is 3.14. The summed E-state index contributed by atoms with van der Waals surface area (Å²) in [5.41, 5.74) is 1.22. The van der Waals surface area contributed by atoms with E-state index in [4.69, 9.17) is 21.3 Å². The van der Waals surface area contributed by atoms with Gasteiger partial charge in [0.2, 0.25) is 5.28 Å². The summed E-state index contributed by atoms with van der Waals surface area (Å²) in [5, 5.41) is 0.276. The smallest absolute Gasteiger partial charge is 0.226 e. The van der Waals surface area contributed by atoms with E-state index in [9.17, 15) is 0 Å². The van der Waals surface area contributed by atoms with E-state index in [-0.39, 0.29) is 11.3 Å². The molecule has 1 atom stereocenters. The zero-order valence-electron chi connectivity index (χ0n) is 11.7. The van der Waals surface area contributed by atoms with E-state index < -0.39 is 5.60 Å². The van der Waals surface area contributed by atoms with Gasteiger partial charge in [-0.05, 0) is 32.4 Å². The molecule has 6 nitrogen and oxygen atoms in total. The molecule has 0 saturated carbocycles. The van der Waals surface area contributed by atoms with E-state index in [1.807, 2.05) is 13.8 Å². The largest absolute Gasteiger partial charge is 0.365 e. The van der Waals surface area contributed by atoms with Crippen molar-refractivity contribution in [3.63, 3.8) is 0 Å². The van der Waals surface area contributed by atoms with Gasteiger partial charge in [0.1, 0.15) is 11.4 Å². The summed E-state index contributed by atoms with van der Waals surface area (Å²) in [6, 6.07) is 0.191. The number of halogens is 1. The molecule has 0 N–H and O–H groups in total. The van der Waals surface area contributed by atoms with Crippen molar-refractivity contribution in [2.75, 3.05) is 24.6 Å². The van der Waals surface area contributed by atoms with Gasteiger partial charge in [0.05, 0.1) is 12.6 Å². The minimum atomic E-state index is -0.421. The van der Waals surface area contributed by atoms with Gasteiger partial charge in [-0.1, -0.05) is 0 Å². The lowest BCUT2D eigenvalue weighted by atomic mass is 10.1. The van der Waals surface area contributed by atoms with Crippen LogP contribution in [0.1, 0.15) is 32.6 Å². The van der Waals surface area contributed by atoms with Crippen molar-refractivity contribution in [1.82, 2.24) is 19.5 Å². The molecule has 0 spiro atoms. The van der Waals surface area contributed by atoms with Gasteiger partial charge in [-0.25, -0.2) is 4.98 Å². The Morgan fingerprint density at radius 1 is 1.25 bits per heavy atom. The van der Waals surface area contributed by atoms with Crippen molar-refractivity contribution in [2.24, 2.45) is 0 Å². The second-order valence-corrected chi connectivity index (χ2v) is 6.29. The lowest BCUT2D eigenvalue weighted by Gasteiger charge is -2.34. The summed E-state index contributed by atoms with van der Waals surface area (Å²) in [6.45, 7) is 8.81. The van der Waals surface area contributed by atoms with Crippen LogP contribution in [0.4, 0.5) is 5.82 Å². The predicted molar refractivity (Wildman–Crippen MR) is 76.2 cm³/mol. The summed E-state index contributed by atoms with van der Waals surface area (Å²) in [6.07, 6.45) is 0. The van der Waals surface area contributed by atoms with E-state index in [1.54, 1.807) is 0 Å². The van der Waals surface area contributed by atoms with Crippen LogP contribution in [-0.4, -0.2) is 39.2 Å². The van der Waals surface area contributed by atoms with Gasteiger partial charge in [0, 0.05) is 13.1 Å². The second-order valence-electron chi connectivity index (χ2n) is 5.95. The molecule has 7 heteroatoms. The molecule has 1 fully saturated rings. The van der Waals surface area contributed by atoms with E-state index in [1.165, 1.54) is 0 Å². The fourth-order valence-electron chi connectivity index (χ4n) is 2.73. The second kappa shape index (κ2) is 3.83. The van der Waals surface area contributed by atoms with Crippen molar-refractivity contribution < 1.29 is 4.74 Å². The van der Waals surface area contributed by atoms with Crippen LogP contribution < -0.4 is 4.90 Å². The number of ether oxygens (including phenoxy) is 1. The molecule has 2 aromatic heterocycles. The van der Waals surface area contributed by atoms with Crippen molar-refractivity contribution >= 4 is 28.6 Å². The predicted octanol–water partition coefficient (Wildman–Crippen LogP) is 2.13. The highest BCUT2D eigenvalue weighted by Gasteiger charge is 2.37. The minimum absolute atomic E-state index is 0.191. The van der Waals surface area contributed by atoms with E-state index in [2.05, 4.69) is 26.4 Å². The Morgan fingerprint density at radius 2 is 2.00 bits per heavy atom. The topological polar surface area (TPSA) is 55.8 Å². The first-order valence-corrected chi connectivity index (χ1v) is 7.20. The Balaban J connectivity index is 2.06. The lowest BCUT2D eigenvalue weighted by molar-refractivity contribution is -0.0655. The molecule has 0 radical (unpaired) electrons. The van der Waals surface area contributed by atoms with Gasteiger partial charge in [0.25, 0.3) is 0 Å². The summed E-state index contributed by atoms with van der Waals surface area (Å²) in [5.74, 6) is 1.73. The van der Waals surface area contributed by atoms with E-state index >= 15 is 0 Å². The number of rotatable bonds is 1. The van der Waals surface area contributed by atoms with Crippen LogP contribution in [0.15, 0.2) is 0 Å². The van der Waals surface area contributed by atoms with Crippen LogP contribution in [0.25, 0.3) is 11.2 Å². The van der Waals surface area contributed by atoms with Crippen molar-refractivity contribution in [3.05, 3.63) is 11.1 Å². The highest BCUT2D eigenvalue weighted by atomic mass is 35.5. The molecule has 4 heterocycles. The number of imidazole rings is 1. The third-order valence-corrected chi connectivity index (χ3v) is 4.07. The molecule has 1 saturated heterocycles. The minimum Gasteiger partial charge on any atom is -0.365 e. The summed E-state index contributed by atoms with van der Waals surface area (Å²) in [4.78, 5) is 15.7. The van der Waals surface area contributed by atoms with Gasteiger partial charge >= 0.3 is 0 Å². The van der Waals surface area contributed by atoms with Crippen LogP contribution in [0.5, 0.6) is 0 Å². The lowest BCUT2D eigenvalue weighted by Crippen LogP contribution is -2.35. The van der Waals surface area contributed by atoms with Crippen molar-refractivity contribution in [1.29, 1.82) is 0 Å². The van der Waals surface area contributed by atoms with Crippen molar-refractivity contribution in [3.8, 4) is 0 Å². The number of fused-ring (bicyclic) bond motifs is 3. The number of anilines is 1. The fourth-order valence-corrected chi connectivity index (χ4v) is 2.89. The molecular formula is C13H16ClN5O. The summed E-state index contributed by atoms with van der Waals surface area (Å²) >= 11 is 6.09. The first-order chi connectivity index (χ1) is 9.47. The maximum absolute atomic E-state index is 6.09. The molecule has 0 aromatic carbocycles. The molecule has 20 heavy (non-hydrogen) atoms. The number of hydrogen-bond donors (Lipinski definition) is 0. The van der Waals surface area contributed by atoms with Gasteiger partial charge in [-0.2, -0.15) is 9.97 Å². The average molecular weight is 294 g/mol. The first-order valence-electron chi connectivity index (χ1n) is 6.82. The number of nitrogens with zero attached hydrogens (tertiary/aromatic N) is 5. The van der Waals surface area contributed by atoms with Crippen LogP contribution >= 0.6 is 11.6 Å². The van der Waals surface area contributed by atoms with Gasteiger partial charge in [-0.3, -0.25) is 0 Å². The van der Waals surface area contributed by atoms with Crippen LogP contribution in [0, 0.1) is 0 Å². The third-order valence-electron chi connectivity index (χ3n) is 3.91. The van der Waals surface area contributed by atoms with Crippen LogP contribution in [-0.2, 0) is 10.3 Å². The monoisotopic (exact) mass is 293 g/mol. The Hall–Kier alpha value is -1.40. The molecule has 1 unspecified atom stereocenters. The SMILES string of the molecule is CC1COC(C)(C)c2nc3c(N4CC4)nc(Cl)nc3n21. The van der Waals surface area contributed by atoms with E-state index in [0.717, 1.165) is 35.9 Å². The Bertz CT molecular complexity index is 706. The van der Waals surface area contributed by atoms with Gasteiger partial charge in [-0.15, -0.1) is 0 Å². The summed E-state index contributed by atoms with van der Waals surface area (Å²) in [7, 11) is 0. The fraction of sp³-hybridized carbons (Fsp3) is 0.615. The molecule has 2 aromatic rings. The maximum atomic E-state index is 6.09. The first kappa shape index (κ1) is 12.3. The zero-order valence-corrected chi connectivity index (χ0v) is 12.5. The molecule has 0 bridgehead atoms. The van der Waals surface area contributed by atoms with Gasteiger partial charge < -0.3 is 14.2 Å². The number of hydrogen-bond acceptors (Lipinski definition) is 5. The highest BCUT2D eigenvalue weighted by Crippen LogP contribution is 2.38. The quantitative estimate of drug-likeness (QED) is 0.595. The Morgan fingerprint density at radius 3 is 2.70 bits per heavy atom. The molecule has 2 aliphatic heterocycles. The molecular weight excluding hydrogens is 278 g/mol. The maximum Gasteiger partial charge on any atom is 0.226 e. The van der Waals surface area contributed by atoms with E-state index in [0.29, 0.717) is 6.61 Å². The van der Waals surface area contributed by atoms with Gasteiger partial charge in [0.15, 0.2) is 17.0 Å².